The molecule has 31 heavy (non-hydrogen) atoms. The fourth-order valence-corrected chi connectivity index (χ4v) is 5.20. The van der Waals surface area contributed by atoms with Crippen molar-refractivity contribution in [1.29, 1.82) is 0 Å². The van der Waals surface area contributed by atoms with Crippen molar-refractivity contribution < 1.29 is 4.79 Å². The second-order valence-electron chi connectivity index (χ2n) is 7.68. The average Bonchev–Trinajstić information content (AvgIpc) is 3.24. The second-order valence-corrected chi connectivity index (χ2v) is 9.88. The summed E-state index contributed by atoms with van der Waals surface area (Å²) in [4.78, 5) is 17.0. The maximum Gasteiger partial charge on any atom is 0.233 e. The molecule has 1 N–H and O–H groups in total. The van der Waals surface area contributed by atoms with Crippen LogP contribution in [-0.4, -0.2) is 57.8 Å². The van der Waals surface area contributed by atoms with Gasteiger partial charge in [0.25, 0.3) is 0 Å². The summed E-state index contributed by atoms with van der Waals surface area (Å²) in [6.07, 6.45) is 0. The molecular formula is C23H27N5OS2. The Labute approximate surface area is 191 Å². The van der Waals surface area contributed by atoms with Crippen molar-refractivity contribution in [2.75, 3.05) is 37.2 Å². The van der Waals surface area contributed by atoms with E-state index in [0.29, 0.717) is 5.75 Å². The van der Waals surface area contributed by atoms with E-state index in [9.17, 15) is 4.79 Å². The van der Waals surface area contributed by atoms with Crippen molar-refractivity contribution in [2.45, 2.75) is 24.7 Å². The Morgan fingerprint density at radius 2 is 1.81 bits per heavy atom. The third-order valence-electron chi connectivity index (χ3n) is 5.55. The molecule has 1 amide bonds. The van der Waals surface area contributed by atoms with Gasteiger partial charge in [0.1, 0.15) is 0 Å². The van der Waals surface area contributed by atoms with Crippen molar-refractivity contribution in [2.24, 2.45) is 0 Å². The van der Waals surface area contributed by atoms with Crippen molar-refractivity contribution in [3.63, 3.8) is 0 Å². The van der Waals surface area contributed by atoms with Gasteiger partial charge in [0.15, 0.2) is 4.34 Å². The van der Waals surface area contributed by atoms with Crippen LogP contribution in [0.4, 0.5) is 10.8 Å². The van der Waals surface area contributed by atoms with Gasteiger partial charge in [-0.25, -0.2) is 0 Å². The standard InChI is InChI=1S/C23H27N5OS2/c1-17-7-6-10-20(18(17)2)24-22-25-26-23(31-22)30-16-21(29)28-13-11-27(12-14-28)15-19-8-4-3-5-9-19/h3-10H,11-16H2,1-2H3,(H,24,25). The number of rotatable bonds is 7. The Balaban J connectivity index is 1.23. The Bertz CT molecular complexity index is 1020. The first-order valence-corrected chi connectivity index (χ1v) is 12.2. The van der Waals surface area contributed by atoms with E-state index in [2.05, 4.69) is 64.6 Å². The summed E-state index contributed by atoms with van der Waals surface area (Å²) in [5.41, 5.74) is 4.79. The summed E-state index contributed by atoms with van der Waals surface area (Å²) >= 11 is 2.95. The SMILES string of the molecule is Cc1cccc(Nc2nnc(SCC(=O)N3CCN(Cc4ccccc4)CC3)s2)c1C. The fraction of sp³-hybridized carbons (Fsp3) is 0.348. The number of nitrogens with one attached hydrogen (secondary N) is 1. The van der Waals surface area contributed by atoms with Crippen LogP contribution in [0.1, 0.15) is 16.7 Å². The van der Waals surface area contributed by atoms with Crippen LogP contribution in [0, 0.1) is 13.8 Å². The van der Waals surface area contributed by atoms with Crippen LogP contribution in [0.5, 0.6) is 0 Å². The minimum atomic E-state index is 0.170. The molecule has 1 aromatic heterocycles. The van der Waals surface area contributed by atoms with E-state index in [1.807, 2.05) is 23.1 Å². The number of amides is 1. The highest BCUT2D eigenvalue weighted by atomic mass is 32.2. The quantitative estimate of drug-likeness (QED) is 0.537. The normalized spacial score (nSPS) is 14.6. The van der Waals surface area contributed by atoms with Crippen LogP contribution in [0.15, 0.2) is 52.9 Å². The number of carbonyl (C=O) groups excluding carboxylic acids is 1. The summed E-state index contributed by atoms with van der Waals surface area (Å²) in [6.45, 7) is 8.51. The van der Waals surface area contributed by atoms with Crippen molar-refractivity contribution in [1.82, 2.24) is 20.0 Å². The second kappa shape index (κ2) is 10.3. The molecule has 1 fully saturated rings. The molecule has 4 rings (SSSR count). The number of aromatic nitrogens is 2. The van der Waals surface area contributed by atoms with Gasteiger partial charge in [0, 0.05) is 38.4 Å². The zero-order valence-corrected chi connectivity index (χ0v) is 19.5. The molecule has 6 nitrogen and oxygen atoms in total. The molecule has 1 aliphatic rings. The highest BCUT2D eigenvalue weighted by Crippen LogP contribution is 2.29. The average molecular weight is 454 g/mol. The van der Waals surface area contributed by atoms with Crippen LogP contribution in [0.25, 0.3) is 0 Å². The van der Waals surface area contributed by atoms with Gasteiger partial charge in [-0.3, -0.25) is 9.69 Å². The van der Waals surface area contributed by atoms with Crippen LogP contribution in [0.3, 0.4) is 0 Å². The maximum atomic E-state index is 12.6. The van der Waals surface area contributed by atoms with Crippen LogP contribution in [-0.2, 0) is 11.3 Å². The number of carbonyl (C=O) groups is 1. The van der Waals surface area contributed by atoms with Crippen molar-refractivity contribution >= 4 is 39.8 Å². The van der Waals surface area contributed by atoms with Crippen molar-refractivity contribution in [3.8, 4) is 0 Å². The number of anilines is 2. The van der Waals surface area contributed by atoms with Gasteiger partial charge < -0.3 is 10.2 Å². The molecule has 1 saturated heterocycles. The van der Waals surface area contributed by atoms with Crippen LogP contribution >= 0.6 is 23.1 Å². The Morgan fingerprint density at radius 3 is 2.58 bits per heavy atom. The minimum Gasteiger partial charge on any atom is -0.339 e. The molecule has 0 saturated carbocycles. The molecule has 0 radical (unpaired) electrons. The molecule has 0 unspecified atom stereocenters. The smallest absolute Gasteiger partial charge is 0.233 e. The number of aryl methyl sites for hydroxylation is 1. The van der Waals surface area contributed by atoms with E-state index in [-0.39, 0.29) is 5.91 Å². The monoisotopic (exact) mass is 453 g/mol. The number of thioether (sulfide) groups is 1. The van der Waals surface area contributed by atoms with Gasteiger partial charge >= 0.3 is 0 Å². The lowest BCUT2D eigenvalue weighted by Gasteiger charge is -2.34. The van der Waals surface area contributed by atoms with E-state index in [1.54, 1.807) is 0 Å². The number of benzene rings is 2. The van der Waals surface area contributed by atoms with E-state index in [4.69, 9.17) is 0 Å². The Hall–Kier alpha value is -2.42. The first-order chi connectivity index (χ1) is 15.1. The van der Waals surface area contributed by atoms with Gasteiger partial charge in [-0.1, -0.05) is 65.6 Å². The lowest BCUT2D eigenvalue weighted by molar-refractivity contribution is -0.130. The molecule has 3 aromatic rings. The van der Waals surface area contributed by atoms with E-state index >= 15 is 0 Å². The van der Waals surface area contributed by atoms with E-state index < -0.39 is 0 Å². The van der Waals surface area contributed by atoms with E-state index in [1.165, 1.54) is 39.8 Å². The van der Waals surface area contributed by atoms with Gasteiger partial charge in [0.05, 0.1) is 5.75 Å². The number of hydrogen-bond donors (Lipinski definition) is 1. The molecule has 2 heterocycles. The highest BCUT2D eigenvalue weighted by Gasteiger charge is 2.21. The fourth-order valence-electron chi connectivity index (χ4n) is 3.53. The molecule has 0 atom stereocenters. The van der Waals surface area contributed by atoms with Crippen LogP contribution in [0.2, 0.25) is 0 Å². The number of nitrogens with zero attached hydrogens (tertiary/aromatic N) is 4. The summed E-state index contributed by atoms with van der Waals surface area (Å²) < 4.78 is 0.809. The molecule has 162 valence electrons. The Morgan fingerprint density at radius 1 is 1.03 bits per heavy atom. The molecule has 8 heteroatoms. The summed E-state index contributed by atoms with van der Waals surface area (Å²) in [7, 11) is 0. The number of hydrogen-bond acceptors (Lipinski definition) is 7. The Kier molecular flexibility index (Phi) is 7.21. The molecule has 2 aromatic carbocycles. The third-order valence-corrected chi connectivity index (χ3v) is 7.50. The molecule has 0 spiro atoms. The van der Waals surface area contributed by atoms with E-state index in [0.717, 1.165) is 47.9 Å². The molecule has 0 aliphatic carbocycles. The first kappa shape index (κ1) is 21.8. The van der Waals surface area contributed by atoms with Crippen LogP contribution < -0.4 is 5.32 Å². The molecular weight excluding hydrogens is 426 g/mol. The van der Waals surface area contributed by atoms with Gasteiger partial charge in [0.2, 0.25) is 11.0 Å². The minimum absolute atomic E-state index is 0.170. The zero-order chi connectivity index (χ0) is 21.6. The predicted octanol–water partition coefficient (Wildman–Crippen LogP) is 4.34. The number of piperazine rings is 1. The summed E-state index contributed by atoms with van der Waals surface area (Å²) in [5, 5.41) is 12.5. The highest BCUT2D eigenvalue weighted by molar-refractivity contribution is 8.01. The predicted molar refractivity (Wildman–Crippen MR) is 128 cm³/mol. The lowest BCUT2D eigenvalue weighted by Crippen LogP contribution is -2.48. The van der Waals surface area contributed by atoms with Gasteiger partial charge in [-0.05, 0) is 36.6 Å². The zero-order valence-electron chi connectivity index (χ0n) is 17.9. The van der Waals surface area contributed by atoms with Crippen molar-refractivity contribution in [3.05, 3.63) is 65.2 Å². The summed E-state index contributed by atoms with van der Waals surface area (Å²) in [6, 6.07) is 16.6. The summed E-state index contributed by atoms with van der Waals surface area (Å²) in [5.74, 6) is 0.570. The largest absolute Gasteiger partial charge is 0.339 e. The third kappa shape index (κ3) is 5.84. The molecule has 0 bridgehead atoms. The van der Waals surface area contributed by atoms with Gasteiger partial charge in [-0.15, -0.1) is 10.2 Å². The maximum absolute atomic E-state index is 12.6. The molecule has 1 aliphatic heterocycles. The topological polar surface area (TPSA) is 61.4 Å². The lowest BCUT2D eigenvalue weighted by atomic mass is 10.1. The van der Waals surface area contributed by atoms with Gasteiger partial charge in [-0.2, -0.15) is 0 Å². The first-order valence-electron chi connectivity index (χ1n) is 10.4.